The highest BCUT2D eigenvalue weighted by molar-refractivity contribution is 9.11. The van der Waals surface area contributed by atoms with Crippen molar-refractivity contribution in [1.82, 2.24) is 19.8 Å². The number of hydrogen-bond donors (Lipinski definition) is 3. The fraction of sp³-hybridized carbons (Fsp3) is 0.421. The van der Waals surface area contributed by atoms with E-state index < -0.39 is 17.2 Å². The van der Waals surface area contributed by atoms with Crippen LogP contribution in [-0.4, -0.2) is 112 Å². The number of carbonyl (C=O) groups excluding carboxylic acids is 3. The van der Waals surface area contributed by atoms with Gasteiger partial charge in [0, 0.05) is 63.1 Å². The molecule has 4 heterocycles. The number of ether oxygens (including phenoxy) is 2. The Bertz CT molecular complexity index is 1980. The number of aromatic carboxylic acids is 1. The summed E-state index contributed by atoms with van der Waals surface area (Å²) in [6, 6.07) is 15.5. The molecule has 2 fully saturated rings. The lowest BCUT2D eigenvalue weighted by Gasteiger charge is -2.37. The van der Waals surface area contributed by atoms with Gasteiger partial charge in [-0.1, -0.05) is 24.3 Å². The van der Waals surface area contributed by atoms with Gasteiger partial charge in [-0.3, -0.25) is 4.79 Å². The first-order valence-corrected chi connectivity index (χ1v) is 21.3. The molecular formula is C38H48Br2N8O7S2. The molecule has 4 N–H and O–H groups in total. The largest absolute Gasteiger partial charge is 0.476 e. The van der Waals surface area contributed by atoms with Crippen LogP contribution in [0.2, 0.25) is 0 Å². The molecule has 2 aromatic heterocycles. The number of nitrogen functional groups attached to an aromatic ring is 1. The standard InChI is InChI=1S/C19H23BrN4O3S.C15H23N3O2.C4H2BrNO2S/c1-19(2,3)27-18(26)24-10-8-23(9-11-24)15-7-5-4-6-13(15)21-16(25)14-12-28-17(20)22-14;1-15(2,3)20-14(19)18-10-8-17(9-11-18)13-7-5-4-6-12(13)16;5-4-6-2(1-9-4)3(7)8/h4-7,12H,8-11H2,1-3H3,(H,21,25);4-7H,8-11,16H2,1-3H3;1H,(H,7,8). The molecule has 19 heteroatoms. The SMILES string of the molecule is CC(C)(C)OC(=O)N1CCN(c2ccccc2N)CC1.CC(C)(C)OC(=O)N1CCN(c2ccccc2NC(=O)c2csc(Br)n2)CC1.O=C(O)c1csc(Br)n1. The van der Waals surface area contributed by atoms with Crippen molar-refractivity contribution < 1.29 is 33.8 Å². The second-order valence-electron chi connectivity index (χ2n) is 14.7. The van der Waals surface area contributed by atoms with Gasteiger partial charge >= 0.3 is 18.2 Å². The summed E-state index contributed by atoms with van der Waals surface area (Å²) in [5.41, 5.74) is 8.96. The average Bonchev–Trinajstić information content (AvgIpc) is 3.80. The van der Waals surface area contributed by atoms with E-state index in [0.717, 1.165) is 35.8 Å². The molecule has 0 spiro atoms. The molecule has 3 amide bonds. The second kappa shape index (κ2) is 20.3. The van der Waals surface area contributed by atoms with E-state index in [2.05, 4.69) is 56.9 Å². The number of anilines is 4. The molecule has 0 bridgehead atoms. The summed E-state index contributed by atoms with van der Waals surface area (Å²) in [4.78, 5) is 62.5. The predicted molar refractivity (Wildman–Crippen MR) is 232 cm³/mol. The minimum absolute atomic E-state index is 0.0897. The number of halogens is 2. The Labute approximate surface area is 357 Å². The molecule has 0 saturated carbocycles. The first kappa shape index (κ1) is 45.2. The van der Waals surface area contributed by atoms with Crippen LogP contribution in [0.1, 0.15) is 62.5 Å². The quantitative estimate of drug-likeness (QED) is 0.164. The van der Waals surface area contributed by atoms with E-state index in [1.54, 1.807) is 15.2 Å². The fourth-order valence-electron chi connectivity index (χ4n) is 5.44. The van der Waals surface area contributed by atoms with Gasteiger partial charge in [0.25, 0.3) is 5.91 Å². The molecule has 2 saturated heterocycles. The summed E-state index contributed by atoms with van der Waals surface area (Å²) in [6.45, 7) is 16.5. The third-order valence-electron chi connectivity index (χ3n) is 8.04. The minimum Gasteiger partial charge on any atom is -0.476 e. The number of carbonyl (C=O) groups is 4. The van der Waals surface area contributed by atoms with Crippen LogP contribution in [0.25, 0.3) is 0 Å². The number of piperazine rings is 2. The number of benzene rings is 2. The Morgan fingerprint density at radius 1 is 0.684 bits per heavy atom. The van der Waals surface area contributed by atoms with E-state index in [0.29, 0.717) is 52.8 Å². The van der Waals surface area contributed by atoms with Gasteiger partial charge in [-0.25, -0.2) is 24.4 Å². The number of carboxylic acid groups (broad SMARTS) is 1. The maximum Gasteiger partial charge on any atom is 0.410 e. The number of nitrogens with zero attached hydrogens (tertiary/aromatic N) is 6. The lowest BCUT2D eigenvalue weighted by Crippen LogP contribution is -2.50. The van der Waals surface area contributed by atoms with Crippen molar-refractivity contribution in [2.24, 2.45) is 0 Å². The van der Waals surface area contributed by atoms with Crippen molar-refractivity contribution in [1.29, 1.82) is 0 Å². The predicted octanol–water partition coefficient (Wildman–Crippen LogP) is 8.14. The normalized spacial score (nSPS) is 14.4. The van der Waals surface area contributed by atoms with Crippen LogP contribution in [-0.2, 0) is 9.47 Å². The molecule has 4 aromatic rings. The molecule has 0 atom stereocenters. The van der Waals surface area contributed by atoms with E-state index >= 15 is 0 Å². The summed E-state index contributed by atoms with van der Waals surface area (Å²) in [7, 11) is 0. The zero-order chi connectivity index (χ0) is 41.9. The highest BCUT2D eigenvalue weighted by Crippen LogP contribution is 2.28. The smallest absolute Gasteiger partial charge is 0.410 e. The summed E-state index contributed by atoms with van der Waals surface area (Å²) in [6.07, 6.45) is -0.527. The molecule has 15 nitrogen and oxygen atoms in total. The van der Waals surface area contributed by atoms with Gasteiger partial charge in [0.2, 0.25) is 0 Å². The highest BCUT2D eigenvalue weighted by Gasteiger charge is 2.28. The first-order valence-electron chi connectivity index (χ1n) is 18.0. The zero-order valence-corrected chi connectivity index (χ0v) is 37.5. The van der Waals surface area contributed by atoms with Crippen LogP contribution >= 0.6 is 54.5 Å². The van der Waals surface area contributed by atoms with E-state index in [1.165, 1.54) is 28.1 Å². The molecule has 6 rings (SSSR count). The third-order valence-corrected chi connectivity index (χ3v) is 10.8. The Morgan fingerprint density at radius 3 is 1.51 bits per heavy atom. The Kier molecular flexibility index (Phi) is 16.1. The van der Waals surface area contributed by atoms with Gasteiger partial charge in [0.1, 0.15) is 16.9 Å². The molecule has 2 aliphatic rings. The second-order valence-corrected chi connectivity index (χ2v) is 19.0. The van der Waals surface area contributed by atoms with Crippen LogP contribution in [0, 0.1) is 0 Å². The first-order chi connectivity index (χ1) is 26.8. The maximum atomic E-state index is 12.5. The Morgan fingerprint density at radius 2 is 1.11 bits per heavy atom. The third kappa shape index (κ3) is 14.5. The average molecular weight is 953 g/mol. The number of amides is 3. The van der Waals surface area contributed by atoms with E-state index in [1.807, 2.05) is 90.1 Å². The number of aromatic nitrogens is 2. The van der Waals surface area contributed by atoms with Crippen molar-refractivity contribution in [2.75, 3.05) is 73.2 Å². The van der Waals surface area contributed by atoms with E-state index in [-0.39, 0.29) is 23.8 Å². The van der Waals surface area contributed by atoms with Gasteiger partial charge in [0.05, 0.1) is 22.7 Å². The van der Waals surface area contributed by atoms with Crippen molar-refractivity contribution in [2.45, 2.75) is 52.7 Å². The van der Waals surface area contributed by atoms with E-state index in [9.17, 15) is 19.2 Å². The van der Waals surface area contributed by atoms with Gasteiger partial charge in [-0.05, 0) is 97.7 Å². The summed E-state index contributed by atoms with van der Waals surface area (Å²) >= 11 is 8.94. The van der Waals surface area contributed by atoms with Crippen LogP contribution in [0.15, 0.2) is 67.1 Å². The lowest BCUT2D eigenvalue weighted by atomic mass is 10.2. The maximum absolute atomic E-state index is 12.5. The molecule has 0 unspecified atom stereocenters. The molecular weight excluding hydrogens is 904 g/mol. The number of nitrogens with two attached hydrogens (primary N) is 1. The van der Waals surface area contributed by atoms with Crippen LogP contribution < -0.4 is 20.9 Å². The van der Waals surface area contributed by atoms with Crippen molar-refractivity contribution >= 4 is 101 Å². The molecule has 0 aliphatic carbocycles. The number of thiazole rings is 2. The monoisotopic (exact) mass is 950 g/mol. The number of carboxylic acids is 1. The summed E-state index contributed by atoms with van der Waals surface area (Å²) < 4.78 is 12.1. The lowest BCUT2D eigenvalue weighted by molar-refractivity contribution is 0.0230. The van der Waals surface area contributed by atoms with Gasteiger partial charge in [0.15, 0.2) is 13.5 Å². The molecule has 0 radical (unpaired) electrons. The van der Waals surface area contributed by atoms with Crippen LogP contribution in [0.5, 0.6) is 0 Å². The number of nitrogens with one attached hydrogen (secondary N) is 1. The molecule has 308 valence electrons. The Hall–Kier alpha value is -4.46. The van der Waals surface area contributed by atoms with Crippen molar-refractivity contribution in [3.8, 4) is 0 Å². The number of para-hydroxylation sites is 4. The highest BCUT2D eigenvalue weighted by atomic mass is 79.9. The molecule has 2 aromatic carbocycles. The number of hydrogen-bond acceptors (Lipinski definition) is 13. The van der Waals surface area contributed by atoms with Gasteiger partial charge < -0.3 is 45.2 Å². The van der Waals surface area contributed by atoms with Crippen molar-refractivity contribution in [3.63, 3.8) is 0 Å². The number of rotatable bonds is 5. The van der Waals surface area contributed by atoms with E-state index in [4.69, 9.17) is 20.3 Å². The Balaban J connectivity index is 0.000000215. The summed E-state index contributed by atoms with van der Waals surface area (Å²) in [5.74, 6) is -1.24. The topological polar surface area (TPSA) is 184 Å². The fourth-order valence-corrected chi connectivity index (χ4v) is 7.41. The minimum atomic E-state index is -0.989. The zero-order valence-electron chi connectivity index (χ0n) is 32.7. The van der Waals surface area contributed by atoms with Crippen molar-refractivity contribution in [3.05, 3.63) is 78.5 Å². The van der Waals surface area contributed by atoms with Crippen LogP contribution in [0.4, 0.5) is 32.3 Å². The van der Waals surface area contributed by atoms with Gasteiger partial charge in [-0.15, -0.1) is 22.7 Å². The molecule has 2 aliphatic heterocycles. The van der Waals surface area contributed by atoms with Gasteiger partial charge in [-0.2, -0.15) is 0 Å². The molecule has 57 heavy (non-hydrogen) atoms. The summed E-state index contributed by atoms with van der Waals surface area (Å²) in [5, 5.41) is 14.5. The van der Waals surface area contributed by atoms with Crippen LogP contribution in [0.3, 0.4) is 0 Å².